The minimum Gasteiger partial charge on any atom is -0.481 e. The molecule has 17 heavy (non-hydrogen) atoms. The van der Waals surface area contributed by atoms with Crippen LogP contribution >= 0.6 is 0 Å². The molecule has 0 spiro atoms. The van der Waals surface area contributed by atoms with Crippen LogP contribution in [0.5, 0.6) is 0 Å². The normalized spacial score (nSPS) is 11.8. The Kier molecular flexibility index (Phi) is 5.20. The molecular formula is C13H16O4. The Morgan fingerprint density at radius 1 is 1.29 bits per heavy atom. The molecule has 0 radical (unpaired) electrons. The lowest BCUT2D eigenvalue weighted by Gasteiger charge is -2.12. The summed E-state index contributed by atoms with van der Waals surface area (Å²) in [6.45, 7) is 1.76. The Balaban J connectivity index is 2.62. The Morgan fingerprint density at radius 3 is 2.47 bits per heavy atom. The second kappa shape index (κ2) is 6.68. The summed E-state index contributed by atoms with van der Waals surface area (Å²) in [6, 6.07) is 8.77. The van der Waals surface area contributed by atoms with Crippen molar-refractivity contribution in [3.05, 3.63) is 35.9 Å². The van der Waals surface area contributed by atoms with Crippen LogP contribution in [0.15, 0.2) is 30.3 Å². The molecule has 1 rings (SSSR count). The third kappa shape index (κ3) is 4.26. The molecule has 0 bridgehead atoms. The number of aliphatic carboxylic acids is 1. The van der Waals surface area contributed by atoms with Crippen LogP contribution in [-0.4, -0.2) is 23.7 Å². The summed E-state index contributed by atoms with van der Waals surface area (Å²) in [5.74, 6) is -2.13. The van der Waals surface area contributed by atoms with Crippen molar-refractivity contribution in [2.24, 2.45) is 0 Å². The van der Waals surface area contributed by atoms with Crippen molar-refractivity contribution in [3.63, 3.8) is 0 Å². The lowest BCUT2D eigenvalue weighted by Crippen LogP contribution is -2.20. The number of esters is 1. The van der Waals surface area contributed by atoms with Gasteiger partial charge in [-0.15, -0.1) is 0 Å². The highest BCUT2D eigenvalue weighted by Crippen LogP contribution is 2.16. The van der Waals surface area contributed by atoms with Gasteiger partial charge >= 0.3 is 11.9 Å². The molecule has 0 aliphatic carbocycles. The number of hydrogen-bond donors (Lipinski definition) is 1. The van der Waals surface area contributed by atoms with E-state index in [2.05, 4.69) is 0 Å². The highest BCUT2D eigenvalue weighted by atomic mass is 16.5. The van der Waals surface area contributed by atoms with E-state index >= 15 is 0 Å². The average Bonchev–Trinajstić information content (AvgIpc) is 2.30. The standard InChI is InChI=1S/C13H16O4/c1-2-6-12(14)17-9-11(13(15)16)10-7-4-3-5-8-10/h3-5,7-8,11H,2,6,9H2,1H3,(H,15,16). The van der Waals surface area contributed by atoms with Gasteiger partial charge < -0.3 is 9.84 Å². The third-order valence-electron chi connectivity index (χ3n) is 2.37. The van der Waals surface area contributed by atoms with Gasteiger partial charge in [0.1, 0.15) is 12.5 Å². The molecule has 4 heteroatoms. The summed E-state index contributed by atoms with van der Waals surface area (Å²) >= 11 is 0. The highest BCUT2D eigenvalue weighted by molar-refractivity contribution is 5.77. The molecular weight excluding hydrogens is 220 g/mol. The number of carbonyl (C=O) groups excluding carboxylic acids is 1. The molecule has 0 fully saturated rings. The number of carboxylic acids is 1. The number of carboxylic acid groups (broad SMARTS) is 1. The Hall–Kier alpha value is -1.84. The van der Waals surface area contributed by atoms with Crippen LogP contribution in [0.25, 0.3) is 0 Å². The van der Waals surface area contributed by atoms with E-state index in [1.807, 2.05) is 13.0 Å². The van der Waals surface area contributed by atoms with E-state index in [-0.39, 0.29) is 12.6 Å². The van der Waals surface area contributed by atoms with Crippen molar-refractivity contribution >= 4 is 11.9 Å². The van der Waals surface area contributed by atoms with Crippen LogP contribution in [0.3, 0.4) is 0 Å². The quantitative estimate of drug-likeness (QED) is 0.769. The summed E-state index contributed by atoms with van der Waals surface area (Å²) in [5.41, 5.74) is 0.643. The zero-order chi connectivity index (χ0) is 12.7. The molecule has 0 aliphatic heterocycles. The predicted octanol–water partition coefficient (Wildman–Crippen LogP) is 2.20. The lowest BCUT2D eigenvalue weighted by molar-refractivity contribution is -0.148. The number of hydrogen-bond acceptors (Lipinski definition) is 3. The molecule has 1 atom stereocenters. The van der Waals surface area contributed by atoms with Crippen LogP contribution in [0.1, 0.15) is 31.2 Å². The lowest BCUT2D eigenvalue weighted by atomic mass is 10.0. The van der Waals surface area contributed by atoms with Gasteiger partial charge in [-0.25, -0.2) is 0 Å². The molecule has 0 saturated carbocycles. The van der Waals surface area contributed by atoms with Gasteiger partial charge in [-0.1, -0.05) is 37.3 Å². The topological polar surface area (TPSA) is 63.6 Å². The van der Waals surface area contributed by atoms with Gasteiger partial charge in [-0.3, -0.25) is 9.59 Å². The van der Waals surface area contributed by atoms with E-state index in [4.69, 9.17) is 9.84 Å². The zero-order valence-corrected chi connectivity index (χ0v) is 9.76. The van der Waals surface area contributed by atoms with E-state index in [9.17, 15) is 9.59 Å². The van der Waals surface area contributed by atoms with Gasteiger partial charge in [0.05, 0.1) is 0 Å². The minimum atomic E-state index is -0.986. The van der Waals surface area contributed by atoms with Crippen LogP contribution in [-0.2, 0) is 14.3 Å². The van der Waals surface area contributed by atoms with Crippen LogP contribution in [0.2, 0.25) is 0 Å². The molecule has 1 N–H and O–H groups in total. The van der Waals surface area contributed by atoms with Gasteiger partial charge in [-0.2, -0.15) is 0 Å². The molecule has 0 amide bonds. The second-order valence-electron chi connectivity index (χ2n) is 3.73. The maximum atomic E-state index is 11.2. The van der Waals surface area contributed by atoms with Crippen molar-refractivity contribution in [2.45, 2.75) is 25.7 Å². The number of carbonyl (C=O) groups is 2. The third-order valence-corrected chi connectivity index (χ3v) is 2.37. The largest absolute Gasteiger partial charge is 0.481 e. The van der Waals surface area contributed by atoms with Crippen molar-refractivity contribution in [3.8, 4) is 0 Å². The molecule has 1 aromatic rings. The van der Waals surface area contributed by atoms with Gasteiger partial charge in [0.2, 0.25) is 0 Å². The van der Waals surface area contributed by atoms with E-state index < -0.39 is 11.9 Å². The number of rotatable bonds is 6. The molecule has 1 unspecified atom stereocenters. The maximum absolute atomic E-state index is 11.2. The summed E-state index contributed by atoms with van der Waals surface area (Å²) in [5, 5.41) is 9.08. The summed E-state index contributed by atoms with van der Waals surface area (Å²) in [6.07, 6.45) is 1.02. The Morgan fingerprint density at radius 2 is 1.94 bits per heavy atom. The van der Waals surface area contributed by atoms with E-state index in [0.29, 0.717) is 18.4 Å². The first kappa shape index (κ1) is 13.2. The fraction of sp³-hybridized carbons (Fsp3) is 0.385. The average molecular weight is 236 g/mol. The van der Waals surface area contributed by atoms with Crippen LogP contribution in [0, 0.1) is 0 Å². The molecule has 1 aromatic carbocycles. The van der Waals surface area contributed by atoms with E-state index in [1.54, 1.807) is 24.3 Å². The van der Waals surface area contributed by atoms with Gasteiger partial charge in [0, 0.05) is 6.42 Å². The SMILES string of the molecule is CCCC(=O)OCC(C(=O)O)c1ccccc1. The van der Waals surface area contributed by atoms with Crippen molar-refractivity contribution in [1.82, 2.24) is 0 Å². The maximum Gasteiger partial charge on any atom is 0.314 e. The number of benzene rings is 1. The molecule has 4 nitrogen and oxygen atoms in total. The second-order valence-corrected chi connectivity index (χ2v) is 3.73. The summed E-state index contributed by atoms with van der Waals surface area (Å²) in [7, 11) is 0. The van der Waals surface area contributed by atoms with Crippen LogP contribution in [0.4, 0.5) is 0 Å². The summed E-state index contributed by atoms with van der Waals surface area (Å²) < 4.78 is 4.94. The fourth-order valence-corrected chi connectivity index (χ4v) is 1.45. The predicted molar refractivity (Wildman–Crippen MR) is 62.7 cm³/mol. The first-order chi connectivity index (χ1) is 8.15. The van der Waals surface area contributed by atoms with Gasteiger partial charge in [0.15, 0.2) is 0 Å². The van der Waals surface area contributed by atoms with Gasteiger partial charge in [-0.05, 0) is 12.0 Å². The molecule has 0 aliphatic rings. The first-order valence-corrected chi connectivity index (χ1v) is 5.58. The monoisotopic (exact) mass is 236 g/mol. The Bertz CT molecular complexity index is 372. The van der Waals surface area contributed by atoms with Crippen molar-refractivity contribution in [1.29, 1.82) is 0 Å². The minimum absolute atomic E-state index is 0.113. The molecule has 0 heterocycles. The van der Waals surface area contributed by atoms with Crippen LogP contribution < -0.4 is 0 Å². The molecule has 0 saturated heterocycles. The number of ether oxygens (including phenoxy) is 1. The van der Waals surface area contributed by atoms with Crippen molar-refractivity contribution in [2.75, 3.05) is 6.61 Å². The smallest absolute Gasteiger partial charge is 0.314 e. The molecule has 92 valence electrons. The highest BCUT2D eigenvalue weighted by Gasteiger charge is 2.21. The fourth-order valence-electron chi connectivity index (χ4n) is 1.45. The van der Waals surface area contributed by atoms with E-state index in [1.165, 1.54) is 0 Å². The van der Waals surface area contributed by atoms with Crippen molar-refractivity contribution < 1.29 is 19.4 Å². The Labute approximate surface area is 100 Å². The van der Waals surface area contributed by atoms with E-state index in [0.717, 1.165) is 0 Å². The zero-order valence-electron chi connectivity index (χ0n) is 9.76. The van der Waals surface area contributed by atoms with Gasteiger partial charge in [0.25, 0.3) is 0 Å². The molecule has 0 aromatic heterocycles. The first-order valence-electron chi connectivity index (χ1n) is 5.58. The summed E-state index contributed by atoms with van der Waals surface area (Å²) in [4.78, 5) is 22.3.